The van der Waals surface area contributed by atoms with Gasteiger partial charge in [-0.2, -0.15) is 0 Å². The molecule has 2 heterocycles. The van der Waals surface area contributed by atoms with Crippen LogP contribution in [0.5, 0.6) is 11.5 Å². The summed E-state index contributed by atoms with van der Waals surface area (Å²) in [5, 5.41) is 0. The number of nitrogens with zero attached hydrogens (tertiary/aromatic N) is 1. The van der Waals surface area contributed by atoms with Crippen LogP contribution in [0.3, 0.4) is 0 Å². The molecule has 3 aliphatic rings. The number of aryl methyl sites for hydroxylation is 2. The van der Waals surface area contributed by atoms with Crippen molar-refractivity contribution < 1.29 is 14.3 Å². The number of fused-ring (bicyclic) bond motifs is 2. The van der Waals surface area contributed by atoms with Crippen LogP contribution >= 0.6 is 0 Å². The summed E-state index contributed by atoms with van der Waals surface area (Å²) in [7, 11) is 0. The first-order valence-electron chi connectivity index (χ1n) is 10.1. The Bertz CT molecular complexity index is 876. The smallest absolute Gasteiger partial charge is 0.254 e. The summed E-state index contributed by atoms with van der Waals surface area (Å²) in [5.41, 5.74) is 4.76. The molecule has 0 radical (unpaired) electrons. The van der Waals surface area contributed by atoms with Crippen LogP contribution in [0, 0.1) is 0 Å². The van der Waals surface area contributed by atoms with E-state index in [4.69, 9.17) is 9.47 Å². The molecular weight excluding hydrogens is 338 g/mol. The molecule has 5 rings (SSSR count). The molecule has 4 heteroatoms. The normalized spacial score (nSPS) is 21.0. The zero-order chi connectivity index (χ0) is 18.2. The molecular formula is C23H25NO3. The highest BCUT2D eigenvalue weighted by atomic mass is 16.6. The summed E-state index contributed by atoms with van der Waals surface area (Å²) in [4.78, 5) is 15.3. The van der Waals surface area contributed by atoms with Gasteiger partial charge in [-0.3, -0.25) is 4.79 Å². The Morgan fingerprint density at radius 3 is 2.59 bits per heavy atom. The molecule has 0 unspecified atom stereocenters. The van der Waals surface area contributed by atoms with Crippen molar-refractivity contribution in [3.63, 3.8) is 0 Å². The molecule has 0 saturated carbocycles. The number of ether oxygens (including phenoxy) is 2. The summed E-state index contributed by atoms with van der Waals surface area (Å²) >= 11 is 0. The van der Waals surface area contributed by atoms with Crippen LogP contribution in [0.25, 0.3) is 0 Å². The highest BCUT2D eigenvalue weighted by Gasteiger charge is 2.31. The van der Waals surface area contributed by atoms with E-state index < -0.39 is 0 Å². The molecule has 0 aromatic heterocycles. The maximum absolute atomic E-state index is 13.3. The highest BCUT2D eigenvalue weighted by molar-refractivity contribution is 5.95. The van der Waals surface area contributed by atoms with Crippen molar-refractivity contribution in [1.29, 1.82) is 0 Å². The Hall–Kier alpha value is -2.49. The average Bonchev–Trinajstić information content (AvgIpc) is 3.22. The second-order valence-electron chi connectivity index (χ2n) is 7.75. The molecule has 140 valence electrons. The minimum absolute atomic E-state index is 0.115. The Labute approximate surface area is 160 Å². The lowest BCUT2D eigenvalue weighted by atomic mass is 9.90. The van der Waals surface area contributed by atoms with Crippen molar-refractivity contribution in [2.24, 2.45) is 0 Å². The van der Waals surface area contributed by atoms with Crippen LogP contribution < -0.4 is 9.47 Å². The number of hydrogen-bond acceptors (Lipinski definition) is 3. The molecule has 27 heavy (non-hydrogen) atoms. The number of amides is 1. The number of carbonyl (C=O) groups is 1. The van der Waals surface area contributed by atoms with Gasteiger partial charge in [-0.1, -0.05) is 12.1 Å². The predicted octanol–water partition coefficient (Wildman–Crippen LogP) is 4.31. The van der Waals surface area contributed by atoms with Gasteiger partial charge >= 0.3 is 0 Å². The van der Waals surface area contributed by atoms with E-state index in [1.165, 1.54) is 24.0 Å². The van der Waals surface area contributed by atoms with Crippen LogP contribution in [0.4, 0.5) is 0 Å². The zero-order valence-electron chi connectivity index (χ0n) is 15.6. The van der Waals surface area contributed by atoms with Gasteiger partial charge < -0.3 is 14.4 Å². The van der Waals surface area contributed by atoms with E-state index in [0.717, 1.165) is 54.9 Å². The van der Waals surface area contributed by atoms with Gasteiger partial charge in [-0.05, 0) is 79.5 Å². The molecule has 0 spiro atoms. The first-order chi connectivity index (χ1) is 13.3. The Balaban J connectivity index is 1.41. The van der Waals surface area contributed by atoms with Crippen molar-refractivity contribution in [2.75, 3.05) is 19.8 Å². The largest absolute Gasteiger partial charge is 0.486 e. The van der Waals surface area contributed by atoms with E-state index in [1.807, 2.05) is 17.0 Å². The van der Waals surface area contributed by atoms with Gasteiger partial charge in [0.15, 0.2) is 11.5 Å². The first-order valence-corrected chi connectivity index (χ1v) is 10.1. The van der Waals surface area contributed by atoms with Crippen LogP contribution in [-0.2, 0) is 12.8 Å². The van der Waals surface area contributed by atoms with Crippen molar-refractivity contribution in [3.05, 3.63) is 58.7 Å². The van der Waals surface area contributed by atoms with Crippen molar-refractivity contribution in [3.8, 4) is 11.5 Å². The molecule has 1 fully saturated rings. The second kappa shape index (κ2) is 6.91. The van der Waals surface area contributed by atoms with E-state index in [-0.39, 0.29) is 11.9 Å². The molecule has 1 amide bonds. The van der Waals surface area contributed by atoms with E-state index in [1.54, 1.807) is 0 Å². The number of rotatable bonds is 2. The molecule has 1 saturated heterocycles. The van der Waals surface area contributed by atoms with Gasteiger partial charge in [0, 0.05) is 12.1 Å². The Kier molecular flexibility index (Phi) is 4.27. The lowest BCUT2D eigenvalue weighted by Crippen LogP contribution is -2.31. The van der Waals surface area contributed by atoms with E-state index in [2.05, 4.69) is 24.3 Å². The van der Waals surface area contributed by atoms with Crippen LogP contribution in [0.2, 0.25) is 0 Å². The van der Waals surface area contributed by atoms with E-state index in [0.29, 0.717) is 13.2 Å². The summed E-state index contributed by atoms with van der Waals surface area (Å²) in [6, 6.07) is 12.5. The summed E-state index contributed by atoms with van der Waals surface area (Å²) < 4.78 is 11.4. The lowest BCUT2D eigenvalue weighted by molar-refractivity contribution is 0.0735. The standard InChI is InChI=1S/C23H25NO3/c25-23(19-8-7-16-4-1-2-5-17(16)14-19)24-11-3-6-20(24)18-9-10-21-22(15-18)27-13-12-26-21/h7-10,14-15,20H,1-6,11-13H2/t20-/m1/s1. The molecule has 4 nitrogen and oxygen atoms in total. The van der Waals surface area contributed by atoms with Crippen molar-refractivity contribution in [1.82, 2.24) is 4.90 Å². The van der Waals surface area contributed by atoms with Gasteiger partial charge in [0.25, 0.3) is 5.91 Å². The van der Waals surface area contributed by atoms with Gasteiger partial charge in [0.2, 0.25) is 0 Å². The summed E-state index contributed by atoms with van der Waals surface area (Å²) in [6.45, 7) is 1.99. The monoisotopic (exact) mass is 363 g/mol. The molecule has 1 aliphatic carbocycles. The predicted molar refractivity (Wildman–Crippen MR) is 104 cm³/mol. The third-order valence-electron chi connectivity index (χ3n) is 6.06. The van der Waals surface area contributed by atoms with Gasteiger partial charge in [-0.25, -0.2) is 0 Å². The fourth-order valence-corrected chi connectivity index (χ4v) is 4.66. The summed E-state index contributed by atoms with van der Waals surface area (Å²) in [5.74, 6) is 1.75. The minimum Gasteiger partial charge on any atom is -0.486 e. The van der Waals surface area contributed by atoms with E-state index in [9.17, 15) is 4.79 Å². The van der Waals surface area contributed by atoms with Crippen molar-refractivity contribution in [2.45, 2.75) is 44.6 Å². The average molecular weight is 363 g/mol. The highest BCUT2D eigenvalue weighted by Crippen LogP contribution is 2.38. The van der Waals surface area contributed by atoms with Crippen molar-refractivity contribution >= 4 is 5.91 Å². The van der Waals surface area contributed by atoms with Gasteiger partial charge in [0.05, 0.1) is 6.04 Å². The topological polar surface area (TPSA) is 38.8 Å². The molecule has 2 aromatic carbocycles. The van der Waals surface area contributed by atoms with Gasteiger partial charge in [0.1, 0.15) is 13.2 Å². The maximum Gasteiger partial charge on any atom is 0.254 e. The third kappa shape index (κ3) is 3.07. The summed E-state index contributed by atoms with van der Waals surface area (Å²) in [6.07, 6.45) is 6.77. The number of carbonyl (C=O) groups excluding carboxylic acids is 1. The molecule has 0 bridgehead atoms. The Morgan fingerprint density at radius 2 is 1.70 bits per heavy atom. The number of hydrogen-bond donors (Lipinski definition) is 0. The zero-order valence-corrected chi connectivity index (χ0v) is 15.6. The van der Waals surface area contributed by atoms with Gasteiger partial charge in [-0.15, -0.1) is 0 Å². The third-order valence-corrected chi connectivity index (χ3v) is 6.06. The molecule has 1 atom stereocenters. The quantitative estimate of drug-likeness (QED) is 0.798. The maximum atomic E-state index is 13.3. The first kappa shape index (κ1) is 16.7. The molecule has 2 aromatic rings. The fourth-order valence-electron chi connectivity index (χ4n) is 4.66. The number of likely N-dealkylation sites (tertiary alicyclic amines) is 1. The Morgan fingerprint density at radius 1 is 0.889 bits per heavy atom. The van der Waals surface area contributed by atoms with Crippen LogP contribution in [0.15, 0.2) is 36.4 Å². The number of benzene rings is 2. The SMILES string of the molecule is O=C(c1ccc2c(c1)CCCC2)N1CCC[C@@H]1c1ccc2c(c1)OCCO2. The van der Waals surface area contributed by atoms with Crippen LogP contribution in [0.1, 0.15) is 58.8 Å². The second-order valence-corrected chi connectivity index (χ2v) is 7.75. The fraction of sp³-hybridized carbons (Fsp3) is 0.435. The minimum atomic E-state index is 0.115. The molecule has 0 N–H and O–H groups in total. The lowest BCUT2D eigenvalue weighted by Gasteiger charge is -2.27. The van der Waals surface area contributed by atoms with E-state index >= 15 is 0 Å². The van der Waals surface area contributed by atoms with Crippen LogP contribution in [-0.4, -0.2) is 30.6 Å². The molecule has 2 aliphatic heterocycles.